The molecule has 3 aromatic heterocycles. The van der Waals surface area contributed by atoms with E-state index in [1.165, 1.54) is 103 Å². The molecule has 3 heteroatoms. The molecule has 0 atom stereocenters. The van der Waals surface area contributed by atoms with Crippen molar-refractivity contribution in [3.05, 3.63) is 206 Å². The largest absolute Gasteiger partial charge is 0.309 e. The van der Waals surface area contributed by atoms with Gasteiger partial charge in [0.05, 0.1) is 22.1 Å². The Kier molecular flexibility index (Phi) is 7.13. The van der Waals surface area contributed by atoms with Crippen molar-refractivity contribution in [2.75, 3.05) is 0 Å². The molecular weight excluding hydrogens is 709 g/mol. The van der Waals surface area contributed by atoms with Gasteiger partial charge in [-0.3, -0.25) is 0 Å². The predicted molar refractivity (Wildman–Crippen MR) is 244 cm³/mol. The van der Waals surface area contributed by atoms with Crippen molar-refractivity contribution in [2.45, 2.75) is 0 Å². The van der Waals surface area contributed by atoms with Crippen LogP contribution in [-0.4, -0.2) is 9.13 Å². The highest BCUT2D eigenvalue weighted by Gasteiger charge is 2.18. The van der Waals surface area contributed by atoms with Crippen LogP contribution in [0, 0.1) is 0 Å². The lowest BCUT2D eigenvalue weighted by molar-refractivity contribution is 1.18. The standard InChI is InChI=1S/C54H34N2S/c1-3-11-35(12-4-1)37-19-24-41(25-20-37)55-50-28-22-39(32-47(50)44-27-21-40(33-52(44)55)36-13-5-2-6-14-36)38-23-29-51-46(31-38)43-15-7-9-17-49(43)56(51)42-26-30-54-48(34-42)45-16-8-10-18-53(45)57-54/h1-34H. The second-order valence-electron chi connectivity index (χ2n) is 14.9. The third-order valence-electron chi connectivity index (χ3n) is 11.7. The lowest BCUT2D eigenvalue weighted by Gasteiger charge is -2.11. The van der Waals surface area contributed by atoms with E-state index in [2.05, 4.69) is 215 Å². The highest BCUT2D eigenvalue weighted by molar-refractivity contribution is 7.25. The Morgan fingerprint density at radius 2 is 0.719 bits per heavy atom. The van der Waals surface area contributed by atoms with Crippen LogP contribution in [0.4, 0.5) is 0 Å². The average Bonchev–Trinajstić information content (AvgIpc) is 3.93. The molecule has 0 saturated carbocycles. The molecule has 0 unspecified atom stereocenters. The van der Waals surface area contributed by atoms with E-state index in [0.29, 0.717) is 0 Å². The average molecular weight is 743 g/mol. The van der Waals surface area contributed by atoms with Gasteiger partial charge in [0.25, 0.3) is 0 Å². The van der Waals surface area contributed by atoms with E-state index >= 15 is 0 Å². The monoisotopic (exact) mass is 742 g/mol. The van der Waals surface area contributed by atoms with Gasteiger partial charge in [-0.2, -0.15) is 0 Å². The predicted octanol–water partition coefficient (Wildman–Crippen LogP) is 15.2. The van der Waals surface area contributed by atoms with Crippen molar-refractivity contribution in [3.63, 3.8) is 0 Å². The molecule has 3 heterocycles. The van der Waals surface area contributed by atoms with E-state index in [1.807, 2.05) is 11.3 Å². The van der Waals surface area contributed by atoms with Gasteiger partial charge in [0, 0.05) is 53.1 Å². The zero-order valence-corrected chi connectivity index (χ0v) is 31.7. The molecular formula is C54H34N2S. The molecule has 0 bridgehead atoms. The fraction of sp³-hybridized carbons (Fsp3) is 0. The summed E-state index contributed by atoms with van der Waals surface area (Å²) >= 11 is 1.86. The highest BCUT2D eigenvalue weighted by Crippen LogP contribution is 2.41. The molecule has 9 aromatic carbocycles. The first-order valence-corrected chi connectivity index (χ1v) is 20.3. The van der Waals surface area contributed by atoms with Crippen LogP contribution in [-0.2, 0) is 0 Å². The van der Waals surface area contributed by atoms with Gasteiger partial charge < -0.3 is 9.13 Å². The summed E-state index contributed by atoms with van der Waals surface area (Å²) in [6.07, 6.45) is 0. The van der Waals surface area contributed by atoms with Gasteiger partial charge >= 0.3 is 0 Å². The van der Waals surface area contributed by atoms with Crippen molar-refractivity contribution >= 4 is 75.1 Å². The highest BCUT2D eigenvalue weighted by atomic mass is 32.1. The minimum absolute atomic E-state index is 1.15. The Bertz CT molecular complexity index is 3490. The number of nitrogens with zero attached hydrogens (tertiary/aromatic N) is 2. The maximum Gasteiger partial charge on any atom is 0.0547 e. The summed E-state index contributed by atoms with van der Waals surface area (Å²) in [5.41, 5.74) is 14.4. The minimum Gasteiger partial charge on any atom is -0.309 e. The molecule has 2 nitrogen and oxygen atoms in total. The first kappa shape index (κ1) is 32.1. The molecule has 0 aliphatic carbocycles. The SMILES string of the molecule is c1ccc(-c2ccc(-n3c4ccc(-c5ccc6c(c5)c5ccccc5n6-c5ccc6sc7ccccc7c6c5)cc4c4ccc(-c5ccccc5)cc43)cc2)cc1. The summed E-state index contributed by atoms with van der Waals surface area (Å²) in [7, 11) is 0. The van der Waals surface area contributed by atoms with Crippen molar-refractivity contribution < 1.29 is 0 Å². The normalized spacial score (nSPS) is 11.9. The summed E-state index contributed by atoms with van der Waals surface area (Å²) in [5.74, 6) is 0. The molecule has 0 fully saturated rings. The van der Waals surface area contributed by atoms with E-state index in [1.54, 1.807) is 0 Å². The van der Waals surface area contributed by atoms with Crippen molar-refractivity contribution in [2.24, 2.45) is 0 Å². The van der Waals surface area contributed by atoms with Gasteiger partial charge in [-0.15, -0.1) is 11.3 Å². The molecule has 0 amide bonds. The number of hydrogen-bond acceptors (Lipinski definition) is 1. The second kappa shape index (κ2) is 12.7. The van der Waals surface area contributed by atoms with Gasteiger partial charge in [0.2, 0.25) is 0 Å². The minimum atomic E-state index is 1.15. The van der Waals surface area contributed by atoms with Crippen LogP contribution in [0.2, 0.25) is 0 Å². The van der Waals surface area contributed by atoms with Crippen LogP contribution in [0.15, 0.2) is 206 Å². The Morgan fingerprint density at radius 3 is 1.44 bits per heavy atom. The quantitative estimate of drug-likeness (QED) is 0.166. The van der Waals surface area contributed by atoms with Crippen LogP contribution in [0.3, 0.4) is 0 Å². The lowest BCUT2D eigenvalue weighted by Crippen LogP contribution is -1.94. The third-order valence-corrected chi connectivity index (χ3v) is 12.9. The number of thiophene rings is 1. The molecule has 266 valence electrons. The number of rotatable bonds is 5. The van der Waals surface area contributed by atoms with E-state index in [9.17, 15) is 0 Å². The molecule has 0 N–H and O–H groups in total. The zero-order chi connectivity index (χ0) is 37.5. The van der Waals surface area contributed by atoms with E-state index in [0.717, 1.165) is 5.69 Å². The first-order valence-electron chi connectivity index (χ1n) is 19.5. The van der Waals surface area contributed by atoms with Crippen LogP contribution in [0.1, 0.15) is 0 Å². The molecule has 0 saturated heterocycles. The second-order valence-corrected chi connectivity index (χ2v) is 16.0. The van der Waals surface area contributed by atoms with E-state index in [-0.39, 0.29) is 0 Å². The summed E-state index contributed by atoms with van der Waals surface area (Å²) in [6.45, 7) is 0. The van der Waals surface area contributed by atoms with Crippen LogP contribution in [0.25, 0.3) is 109 Å². The Balaban J connectivity index is 1.02. The first-order chi connectivity index (χ1) is 28.2. The number of hydrogen-bond donors (Lipinski definition) is 0. The topological polar surface area (TPSA) is 9.86 Å². The van der Waals surface area contributed by atoms with Crippen LogP contribution in [0.5, 0.6) is 0 Å². The van der Waals surface area contributed by atoms with Crippen LogP contribution >= 0.6 is 11.3 Å². The van der Waals surface area contributed by atoms with E-state index < -0.39 is 0 Å². The molecule has 12 aromatic rings. The number of para-hydroxylation sites is 1. The van der Waals surface area contributed by atoms with Gasteiger partial charge in [0.1, 0.15) is 0 Å². The zero-order valence-electron chi connectivity index (χ0n) is 30.9. The van der Waals surface area contributed by atoms with Crippen LogP contribution < -0.4 is 0 Å². The molecule has 0 aliphatic heterocycles. The maximum absolute atomic E-state index is 2.44. The van der Waals surface area contributed by atoms with E-state index in [4.69, 9.17) is 0 Å². The van der Waals surface area contributed by atoms with Crippen molar-refractivity contribution in [1.82, 2.24) is 9.13 Å². The number of benzene rings is 9. The fourth-order valence-corrected chi connectivity index (χ4v) is 10.1. The van der Waals surface area contributed by atoms with Gasteiger partial charge in [-0.25, -0.2) is 0 Å². The Labute approximate surface area is 333 Å². The lowest BCUT2D eigenvalue weighted by atomic mass is 9.99. The maximum atomic E-state index is 2.44. The summed E-state index contributed by atoms with van der Waals surface area (Å²) < 4.78 is 7.51. The molecule has 0 radical (unpaired) electrons. The summed E-state index contributed by atoms with van der Waals surface area (Å²) in [5, 5.41) is 7.63. The van der Waals surface area contributed by atoms with Gasteiger partial charge in [0.15, 0.2) is 0 Å². The Hall–Kier alpha value is -7.20. The van der Waals surface area contributed by atoms with Gasteiger partial charge in [-0.1, -0.05) is 133 Å². The molecule has 0 spiro atoms. The smallest absolute Gasteiger partial charge is 0.0547 e. The summed E-state index contributed by atoms with van der Waals surface area (Å²) in [6, 6.07) is 75.7. The number of aromatic nitrogens is 2. The Morgan fingerprint density at radius 1 is 0.246 bits per heavy atom. The number of fused-ring (bicyclic) bond motifs is 9. The molecule has 0 aliphatic rings. The summed E-state index contributed by atoms with van der Waals surface area (Å²) in [4.78, 5) is 0. The third kappa shape index (κ3) is 5.10. The van der Waals surface area contributed by atoms with Crippen molar-refractivity contribution in [3.8, 4) is 44.8 Å². The molecule has 12 rings (SSSR count). The van der Waals surface area contributed by atoms with Crippen molar-refractivity contribution in [1.29, 1.82) is 0 Å². The molecule has 57 heavy (non-hydrogen) atoms. The fourth-order valence-electron chi connectivity index (χ4n) is 9.01. The van der Waals surface area contributed by atoms with Gasteiger partial charge in [-0.05, 0) is 106 Å².